The van der Waals surface area contributed by atoms with Gasteiger partial charge in [0.05, 0.1) is 5.25 Å². The van der Waals surface area contributed by atoms with Crippen LogP contribution in [0.4, 0.5) is 10.1 Å². The van der Waals surface area contributed by atoms with Gasteiger partial charge in [0.15, 0.2) is 0 Å². The Morgan fingerprint density at radius 2 is 1.89 bits per heavy atom. The lowest BCUT2D eigenvalue weighted by molar-refractivity contribution is -0.117. The van der Waals surface area contributed by atoms with Crippen LogP contribution in [0.25, 0.3) is 0 Å². The van der Waals surface area contributed by atoms with Crippen LogP contribution in [0.1, 0.15) is 5.56 Å². The summed E-state index contributed by atoms with van der Waals surface area (Å²) >= 11 is 7.08. The number of rotatable bonds is 4. The molecule has 2 amide bonds. The Balaban J connectivity index is 2.03. The predicted octanol–water partition coefficient (Wildman–Crippen LogP) is 3.65. The lowest BCUT2D eigenvalue weighted by Gasteiger charge is -2.18. The van der Waals surface area contributed by atoms with Crippen LogP contribution in [-0.2, 0) is 16.0 Å². The first kappa shape index (κ1) is 19.9. The number of halogens is 2. The van der Waals surface area contributed by atoms with Crippen molar-refractivity contribution in [2.45, 2.75) is 11.7 Å². The fraction of sp³-hybridized carbons (Fsp3) is 0.150. The third kappa shape index (κ3) is 4.03. The lowest BCUT2D eigenvalue weighted by atomic mass is 10.1. The van der Waals surface area contributed by atoms with Crippen LogP contribution in [0, 0.1) is 17.1 Å². The second kappa shape index (κ2) is 8.46. The second-order valence-corrected chi connectivity index (χ2v) is 7.59. The maximum atomic E-state index is 13.2. The number of benzene rings is 2. The van der Waals surface area contributed by atoms with Crippen LogP contribution < -0.4 is 10.2 Å². The maximum absolute atomic E-state index is 13.2. The van der Waals surface area contributed by atoms with E-state index in [9.17, 15) is 19.2 Å². The molecule has 1 saturated heterocycles. The number of carbonyl (C=O) groups is 2. The molecule has 0 saturated carbocycles. The van der Waals surface area contributed by atoms with Gasteiger partial charge in [0.1, 0.15) is 22.5 Å². The van der Waals surface area contributed by atoms with Crippen LogP contribution >= 0.6 is 23.4 Å². The van der Waals surface area contributed by atoms with Gasteiger partial charge in [0, 0.05) is 17.8 Å². The summed E-state index contributed by atoms with van der Waals surface area (Å²) in [5, 5.41) is 12.1. The van der Waals surface area contributed by atoms with E-state index in [1.54, 1.807) is 36.4 Å². The first-order valence-electron chi connectivity index (χ1n) is 8.31. The molecule has 3 rings (SSSR count). The average molecular weight is 416 g/mol. The number of thioether (sulfide) groups is 1. The molecule has 0 aromatic heterocycles. The van der Waals surface area contributed by atoms with Gasteiger partial charge in [0.2, 0.25) is 5.91 Å². The fourth-order valence-corrected chi connectivity index (χ4v) is 4.21. The van der Waals surface area contributed by atoms with E-state index in [-0.39, 0.29) is 22.3 Å². The minimum Gasteiger partial charge on any atom is -0.354 e. The van der Waals surface area contributed by atoms with E-state index in [4.69, 9.17) is 11.6 Å². The first-order valence-corrected chi connectivity index (χ1v) is 9.57. The number of nitriles is 1. The summed E-state index contributed by atoms with van der Waals surface area (Å²) in [5.74, 6) is -1.19. The minimum absolute atomic E-state index is 0.141. The Hall–Kier alpha value is -2.82. The van der Waals surface area contributed by atoms with E-state index in [1.807, 2.05) is 6.07 Å². The maximum Gasteiger partial charge on any atom is 0.264 e. The third-order valence-electron chi connectivity index (χ3n) is 4.15. The molecule has 28 heavy (non-hydrogen) atoms. The van der Waals surface area contributed by atoms with Crippen molar-refractivity contribution in [2.24, 2.45) is 0 Å². The van der Waals surface area contributed by atoms with Gasteiger partial charge < -0.3 is 5.32 Å². The number of hydrogen-bond donors (Lipinski definition) is 1. The quantitative estimate of drug-likeness (QED) is 0.611. The van der Waals surface area contributed by atoms with E-state index in [0.29, 0.717) is 17.1 Å². The van der Waals surface area contributed by atoms with Crippen molar-refractivity contribution in [1.82, 2.24) is 5.32 Å². The summed E-state index contributed by atoms with van der Waals surface area (Å²) in [6.45, 7) is 0. The highest BCUT2D eigenvalue weighted by Gasteiger charge is 2.40. The molecule has 2 aromatic rings. The largest absolute Gasteiger partial charge is 0.354 e. The standard InChI is InChI=1S/C20H15ClFN3O2S/c1-24-18(26)16(11-23)20-25(15-8-4-13(21)5-9-15)19(27)17(28-20)10-12-2-6-14(22)7-3-12/h2-9,17H,10H2,1H3,(H,24,26). The zero-order valence-corrected chi connectivity index (χ0v) is 16.4. The average Bonchev–Trinajstić information content (AvgIpc) is 3.00. The van der Waals surface area contributed by atoms with Crippen LogP contribution in [0.5, 0.6) is 0 Å². The molecular weight excluding hydrogens is 401 g/mol. The topological polar surface area (TPSA) is 73.2 Å². The molecule has 2 aromatic carbocycles. The summed E-state index contributed by atoms with van der Waals surface area (Å²) in [4.78, 5) is 26.7. The number of likely N-dealkylation sites (N-methyl/N-ethyl adjacent to an activating group) is 1. The number of hydrogen-bond acceptors (Lipinski definition) is 4. The number of carbonyl (C=O) groups excluding carboxylic acids is 2. The number of amides is 2. The van der Waals surface area contributed by atoms with E-state index in [2.05, 4.69) is 5.32 Å². The monoisotopic (exact) mass is 415 g/mol. The Morgan fingerprint density at radius 3 is 2.46 bits per heavy atom. The fourth-order valence-electron chi connectivity index (χ4n) is 2.77. The van der Waals surface area contributed by atoms with E-state index < -0.39 is 11.2 Å². The lowest BCUT2D eigenvalue weighted by Crippen LogP contribution is -2.31. The molecule has 1 aliphatic heterocycles. The molecule has 1 fully saturated rings. The van der Waals surface area contributed by atoms with E-state index >= 15 is 0 Å². The molecule has 0 spiro atoms. The molecule has 142 valence electrons. The van der Waals surface area contributed by atoms with Crippen LogP contribution in [0.3, 0.4) is 0 Å². The summed E-state index contributed by atoms with van der Waals surface area (Å²) in [5.41, 5.74) is 1.15. The van der Waals surface area contributed by atoms with Crippen molar-refractivity contribution in [2.75, 3.05) is 11.9 Å². The van der Waals surface area contributed by atoms with Crippen molar-refractivity contribution in [3.63, 3.8) is 0 Å². The molecule has 1 heterocycles. The van der Waals surface area contributed by atoms with Gasteiger partial charge in [-0.05, 0) is 48.4 Å². The van der Waals surface area contributed by atoms with E-state index in [0.717, 1.165) is 17.3 Å². The first-order chi connectivity index (χ1) is 13.4. The molecule has 0 aliphatic carbocycles. The Kier molecular flexibility index (Phi) is 6.02. The summed E-state index contributed by atoms with van der Waals surface area (Å²) in [6, 6.07) is 14.4. The van der Waals surface area contributed by atoms with Crippen molar-refractivity contribution < 1.29 is 14.0 Å². The van der Waals surface area contributed by atoms with Gasteiger partial charge in [0.25, 0.3) is 5.91 Å². The molecule has 1 N–H and O–H groups in total. The van der Waals surface area contributed by atoms with Gasteiger partial charge in [-0.15, -0.1) is 0 Å². The molecule has 1 aliphatic rings. The highest BCUT2D eigenvalue weighted by molar-refractivity contribution is 8.05. The normalized spacial score (nSPS) is 18.0. The Bertz CT molecular complexity index is 984. The van der Waals surface area contributed by atoms with Crippen molar-refractivity contribution >= 4 is 40.9 Å². The molecular formula is C20H15ClFN3O2S. The molecule has 0 bridgehead atoms. The Morgan fingerprint density at radius 1 is 1.25 bits per heavy atom. The van der Waals surface area contributed by atoms with Crippen LogP contribution in [0.2, 0.25) is 5.02 Å². The number of nitrogens with one attached hydrogen (secondary N) is 1. The molecule has 1 unspecified atom stereocenters. The summed E-state index contributed by atoms with van der Waals surface area (Å²) in [6.07, 6.45) is 0.337. The van der Waals surface area contributed by atoms with Crippen LogP contribution in [0.15, 0.2) is 59.1 Å². The number of anilines is 1. The van der Waals surface area contributed by atoms with Gasteiger partial charge in [-0.1, -0.05) is 35.5 Å². The summed E-state index contributed by atoms with van der Waals surface area (Å²) < 4.78 is 13.2. The zero-order valence-electron chi connectivity index (χ0n) is 14.8. The number of nitrogens with zero attached hydrogens (tertiary/aromatic N) is 2. The zero-order chi connectivity index (χ0) is 20.3. The van der Waals surface area contributed by atoms with Crippen molar-refractivity contribution in [1.29, 1.82) is 5.26 Å². The van der Waals surface area contributed by atoms with Gasteiger partial charge in [-0.3, -0.25) is 14.5 Å². The highest BCUT2D eigenvalue weighted by Crippen LogP contribution is 2.42. The van der Waals surface area contributed by atoms with Crippen LogP contribution in [-0.4, -0.2) is 24.1 Å². The molecule has 8 heteroatoms. The van der Waals surface area contributed by atoms with Crippen molar-refractivity contribution in [3.05, 3.63) is 75.5 Å². The predicted molar refractivity (Wildman–Crippen MR) is 107 cm³/mol. The van der Waals surface area contributed by atoms with Crippen molar-refractivity contribution in [3.8, 4) is 6.07 Å². The third-order valence-corrected chi connectivity index (χ3v) is 5.67. The van der Waals surface area contributed by atoms with Gasteiger partial charge >= 0.3 is 0 Å². The molecule has 1 atom stereocenters. The smallest absolute Gasteiger partial charge is 0.264 e. The minimum atomic E-state index is -0.570. The molecule has 5 nitrogen and oxygen atoms in total. The van der Waals surface area contributed by atoms with Gasteiger partial charge in [-0.25, -0.2) is 4.39 Å². The highest BCUT2D eigenvalue weighted by atomic mass is 35.5. The molecule has 0 radical (unpaired) electrons. The van der Waals surface area contributed by atoms with E-state index in [1.165, 1.54) is 24.1 Å². The van der Waals surface area contributed by atoms with Gasteiger partial charge in [-0.2, -0.15) is 5.26 Å². The Labute approximate surface area is 170 Å². The SMILES string of the molecule is CNC(=O)C(C#N)=C1SC(Cc2ccc(F)cc2)C(=O)N1c1ccc(Cl)cc1. The summed E-state index contributed by atoms with van der Waals surface area (Å²) in [7, 11) is 1.42. The second-order valence-electron chi connectivity index (χ2n) is 5.96.